The minimum atomic E-state index is -4.54. The van der Waals surface area contributed by atoms with Crippen LogP contribution in [0.15, 0.2) is 16.6 Å². The van der Waals surface area contributed by atoms with Gasteiger partial charge in [0.1, 0.15) is 16.4 Å². The summed E-state index contributed by atoms with van der Waals surface area (Å²) in [5.41, 5.74) is -3.72. The van der Waals surface area contributed by atoms with Crippen molar-refractivity contribution in [2.24, 2.45) is 0 Å². The quantitative estimate of drug-likeness (QED) is 0.421. The number of carbonyl (C=O) groups is 1. The van der Waals surface area contributed by atoms with Gasteiger partial charge in [0, 0.05) is 23.0 Å². The Hall–Kier alpha value is -0.840. The molecule has 0 radical (unpaired) electrons. The van der Waals surface area contributed by atoms with Crippen LogP contribution in [0.5, 0.6) is 0 Å². The van der Waals surface area contributed by atoms with Gasteiger partial charge in [-0.1, -0.05) is 0 Å². The number of rotatable bonds is 5. The monoisotopic (exact) mass is 433 g/mol. The van der Waals surface area contributed by atoms with E-state index in [1.165, 1.54) is 20.8 Å². The highest BCUT2D eigenvalue weighted by Crippen LogP contribution is 2.41. The molecule has 0 fully saturated rings. The van der Waals surface area contributed by atoms with Crippen molar-refractivity contribution in [1.82, 2.24) is 4.72 Å². The first-order valence-corrected chi connectivity index (χ1v) is 8.55. The standard InChI is InChI=1S/C14H16BrF4NO3S/c1-12(2,3)24(23)20-13(4,14(18,19)11(21)22)7-5-8(15)10(17)6-9(7)16/h5-6,20H,1-4H3,(H,21,22)/t13?,24-/m1/s1. The molecule has 0 spiro atoms. The summed E-state index contributed by atoms with van der Waals surface area (Å²) in [6.07, 6.45) is 0. The Morgan fingerprint density at radius 3 is 2.12 bits per heavy atom. The maximum Gasteiger partial charge on any atom is 0.377 e. The highest BCUT2D eigenvalue weighted by molar-refractivity contribution is 9.10. The van der Waals surface area contributed by atoms with Crippen LogP contribution >= 0.6 is 15.9 Å². The minimum absolute atomic E-state index is 0.338. The van der Waals surface area contributed by atoms with E-state index in [9.17, 15) is 26.9 Å². The third-order valence-electron chi connectivity index (χ3n) is 3.30. The number of aliphatic carboxylic acids is 1. The van der Waals surface area contributed by atoms with Gasteiger partial charge in [-0.2, -0.15) is 8.78 Å². The number of halogens is 5. The number of carboxylic acids is 1. The van der Waals surface area contributed by atoms with Gasteiger partial charge in [-0.15, -0.1) is 4.72 Å². The molecular weight excluding hydrogens is 418 g/mol. The van der Waals surface area contributed by atoms with Crippen LogP contribution in [0.25, 0.3) is 0 Å². The Balaban J connectivity index is 3.62. The Labute approximate surface area is 148 Å². The van der Waals surface area contributed by atoms with Crippen LogP contribution in [0, 0.1) is 11.6 Å². The maximum atomic E-state index is 14.4. The van der Waals surface area contributed by atoms with Gasteiger partial charge in [0.2, 0.25) is 0 Å². The van der Waals surface area contributed by atoms with Crippen molar-refractivity contribution in [2.75, 3.05) is 0 Å². The van der Waals surface area contributed by atoms with Gasteiger partial charge in [0.05, 0.1) is 4.47 Å². The van der Waals surface area contributed by atoms with Crippen LogP contribution in [0.2, 0.25) is 0 Å². The lowest BCUT2D eigenvalue weighted by Gasteiger charge is -2.38. The predicted molar refractivity (Wildman–Crippen MR) is 85.0 cm³/mol. The first-order chi connectivity index (χ1) is 10.6. The van der Waals surface area contributed by atoms with Crippen LogP contribution in [0.1, 0.15) is 33.3 Å². The topological polar surface area (TPSA) is 72.4 Å². The Morgan fingerprint density at radius 2 is 1.71 bits per heavy atom. The molecule has 4 nitrogen and oxygen atoms in total. The minimum Gasteiger partial charge on any atom is -0.598 e. The fourth-order valence-corrected chi connectivity index (χ4v) is 3.00. The summed E-state index contributed by atoms with van der Waals surface area (Å²) < 4.78 is 69.2. The predicted octanol–water partition coefficient (Wildman–Crippen LogP) is 3.71. The summed E-state index contributed by atoms with van der Waals surface area (Å²) in [7, 11) is 0. The molecule has 1 unspecified atom stereocenters. The molecule has 0 aromatic heterocycles. The molecule has 136 valence electrons. The zero-order chi connectivity index (χ0) is 19.1. The molecule has 1 rings (SSSR count). The molecule has 0 bridgehead atoms. The van der Waals surface area contributed by atoms with E-state index >= 15 is 0 Å². The van der Waals surface area contributed by atoms with E-state index in [-0.39, 0.29) is 4.47 Å². The number of benzene rings is 1. The second kappa shape index (κ2) is 6.81. The van der Waals surface area contributed by atoms with Gasteiger partial charge in [-0.05, 0) is 49.7 Å². The Kier molecular flexibility index (Phi) is 6.02. The molecule has 0 saturated heterocycles. The van der Waals surface area contributed by atoms with Crippen LogP contribution < -0.4 is 4.72 Å². The summed E-state index contributed by atoms with van der Waals surface area (Å²) in [5.74, 6) is -9.51. The average Bonchev–Trinajstić information content (AvgIpc) is 2.41. The molecule has 1 aromatic rings. The Morgan fingerprint density at radius 1 is 1.21 bits per heavy atom. The third-order valence-corrected chi connectivity index (χ3v) is 5.61. The highest BCUT2D eigenvalue weighted by atomic mass is 79.9. The zero-order valence-corrected chi connectivity index (χ0v) is 15.6. The molecule has 0 aliphatic carbocycles. The largest absolute Gasteiger partial charge is 0.598 e. The number of carboxylic acid groups (broad SMARTS) is 1. The van der Waals surface area contributed by atoms with Crippen LogP contribution in [0.4, 0.5) is 17.6 Å². The summed E-state index contributed by atoms with van der Waals surface area (Å²) in [6.45, 7) is 5.10. The van der Waals surface area contributed by atoms with E-state index in [2.05, 4.69) is 15.9 Å². The van der Waals surface area contributed by atoms with E-state index in [1.54, 1.807) is 0 Å². The summed E-state index contributed by atoms with van der Waals surface area (Å²) in [6, 6.07) is 1.05. The molecular formula is C14H16BrF4NO3S. The van der Waals surface area contributed by atoms with Crippen molar-refractivity contribution < 1.29 is 32.0 Å². The second-order valence-electron chi connectivity index (χ2n) is 6.23. The van der Waals surface area contributed by atoms with Gasteiger partial charge < -0.3 is 9.66 Å². The van der Waals surface area contributed by atoms with Gasteiger partial charge in [0.15, 0.2) is 5.54 Å². The van der Waals surface area contributed by atoms with Crippen molar-refractivity contribution in [1.29, 1.82) is 0 Å². The molecule has 0 aliphatic rings. The van der Waals surface area contributed by atoms with E-state index in [4.69, 9.17) is 5.11 Å². The molecule has 2 N–H and O–H groups in total. The van der Waals surface area contributed by atoms with Crippen LogP contribution in [-0.2, 0) is 21.7 Å². The number of hydrogen-bond donors (Lipinski definition) is 2. The number of hydrogen-bond acceptors (Lipinski definition) is 3. The fourth-order valence-electron chi connectivity index (χ4n) is 1.75. The Bertz CT molecular complexity index is 654. The first-order valence-electron chi connectivity index (χ1n) is 6.60. The van der Waals surface area contributed by atoms with Crippen molar-refractivity contribution >= 4 is 33.3 Å². The van der Waals surface area contributed by atoms with Crippen molar-refractivity contribution in [3.63, 3.8) is 0 Å². The van der Waals surface area contributed by atoms with Gasteiger partial charge >= 0.3 is 11.9 Å². The molecule has 0 heterocycles. The van der Waals surface area contributed by atoms with Crippen LogP contribution in [-0.4, -0.2) is 26.3 Å². The lowest BCUT2D eigenvalue weighted by Crippen LogP contribution is -2.61. The molecule has 0 saturated carbocycles. The smallest absolute Gasteiger partial charge is 0.377 e. The second-order valence-corrected chi connectivity index (χ2v) is 9.05. The maximum absolute atomic E-state index is 14.4. The molecule has 0 amide bonds. The van der Waals surface area contributed by atoms with Crippen molar-refractivity contribution in [2.45, 2.75) is 43.9 Å². The van der Waals surface area contributed by atoms with Gasteiger partial charge in [-0.25, -0.2) is 13.6 Å². The average molecular weight is 434 g/mol. The van der Waals surface area contributed by atoms with Crippen molar-refractivity contribution in [3.8, 4) is 0 Å². The van der Waals surface area contributed by atoms with Gasteiger partial charge in [-0.3, -0.25) is 0 Å². The number of nitrogens with one attached hydrogen (secondary N) is 1. The molecule has 2 atom stereocenters. The first kappa shape index (κ1) is 21.2. The van der Waals surface area contributed by atoms with Crippen molar-refractivity contribution in [3.05, 3.63) is 33.8 Å². The lowest BCUT2D eigenvalue weighted by atomic mass is 9.86. The fraction of sp³-hybridized carbons (Fsp3) is 0.500. The molecule has 0 aliphatic heterocycles. The normalized spacial score (nSPS) is 16.6. The van der Waals surface area contributed by atoms with E-state index in [1.807, 2.05) is 4.72 Å². The van der Waals surface area contributed by atoms with E-state index in [0.717, 1.165) is 0 Å². The molecule has 10 heteroatoms. The lowest BCUT2D eigenvalue weighted by molar-refractivity contribution is -0.177. The summed E-state index contributed by atoms with van der Waals surface area (Å²) in [5, 5.41) is 8.87. The van der Waals surface area contributed by atoms with E-state index < -0.39 is 50.7 Å². The molecule has 24 heavy (non-hydrogen) atoms. The zero-order valence-electron chi connectivity index (χ0n) is 13.2. The SMILES string of the molecule is CC(C)(C)[S@@+]([O-])NC(C)(c1cc(Br)c(F)cc1F)C(F)(F)C(=O)O. The summed E-state index contributed by atoms with van der Waals surface area (Å²) >= 11 is 0.585. The third kappa shape index (κ3) is 3.87. The highest BCUT2D eigenvalue weighted by Gasteiger charge is 2.62. The summed E-state index contributed by atoms with van der Waals surface area (Å²) in [4.78, 5) is 11.0. The van der Waals surface area contributed by atoms with E-state index in [0.29, 0.717) is 19.1 Å². The number of alkyl halides is 2. The molecule has 1 aromatic carbocycles. The van der Waals surface area contributed by atoms with Crippen LogP contribution in [0.3, 0.4) is 0 Å². The van der Waals surface area contributed by atoms with Gasteiger partial charge in [0.25, 0.3) is 0 Å².